The third kappa shape index (κ3) is 4.41. The molecule has 0 saturated carbocycles. The van der Waals surface area contributed by atoms with Crippen LogP contribution in [0, 0.1) is 11.7 Å². The van der Waals surface area contributed by atoms with E-state index in [0.717, 1.165) is 5.56 Å². The molecule has 1 saturated heterocycles. The Hall–Kier alpha value is -1.22. The van der Waals surface area contributed by atoms with Gasteiger partial charge in [-0.1, -0.05) is 6.07 Å². The minimum atomic E-state index is -3.35. The van der Waals surface area contributed by atoms with Crippen molar-refractivity contribution in [3.05, 3.63) is 29.6 Å². The van der Waals surface area contributed by atoms with Crippen molar-refractivity contribution in [1.29, 1.82) is 0 Å². The van der Waals surface area contributed by atoms with Crippen LogP contribution in [0.3, 0.4) is 0 Å². The minimum Gasteiger partial charge on any atom is -0.494 e. The molecule has 0 amide bonds. The quantitative estimate of drug-likeness (QED) is 0.813. The van der Waals surface area contributed by atoms with E-state index >= 15 is 0 Å². The first-order chi connectivity index (χ1) is 10.7. The molecular weight excluding hydrogens is 323 g/mol. The van der Waals surface area contributed by atoms with Crippen LogP contribution in [-0.2, 0) is 16.6 Å². The van der Waals surface area contributed by atoms with Gasteiger partial charge in [0.15, 0.2) is 11.6 Å². The molecule has 1 aliphatic heterocycles. The van der Waals surface area contributed by atoms with Crippen LogP contribution in [0.5, 0.6) is 5.75 Å². The molecule has 2 rings (SSSR count). The first-order valence-corrected chi connectivity index (χ1v) is 8.97. The molecule has 1 N–H and O–H groups in total. The lowest BCUT2D eigenvalue weighted by Gasteiger charge is -2.18. The summed E-state index contributed by atoms with van der Waals surface area (Å²) >= 11 is 0. The fourth-order valence-corrected chi connectivity index (χ4v) is 3.88. The molecule has 1 heterocycles. The van der Waals surface area contributed by atoms with Crippen LogP contribution in [0.4, 0.5) is 4.39 Å². The van der Waals surface area contributed by atoms with E-state index in [-0.39, 0.29) is 17.4 Å². The molecule has 2 atom stereocenters. The van der Waals surface area contributed by atoms with Crippen LogP contribution in [0.2, 0.25) is 0 Å². The van der Waals surface area contributed by atoms with Crippen molar-refractivity contribution in [1.82, 2.24) is 9.21 Å². The molecule has 0 radical (unpaired) electrons. The fraction of sp³-hybridized carbons (Fsp3) is 0.600. The first-order valence-electron chi connectivity index (χ1n) is 7.36. The molecule has 130 valence electrons. The number of methoxy groups -OCH3 is 1. The van der Waals surface area contributed by atoms with E-state index in [2.05, 4.69) is 0 Å². The summed E-state index contributed by atoms with van der Waals surface area (Å²) in [6.45, 7) is 1.38. The molecule has 0 aromatic heterocycles. The summed E-state index contributed by atoms with van der Waals surface area (Å²) in [5, 5.41) is 10.1. The Morgan fingerprint density at radius 2 is 2.09 bits per heavy atom. The van der Waals surface area contributed by atoms with Crippen molar-refractivity contribution in [2.75, 3.05) is 40.0 Å². The molecule has 0 aliphatic carbocycles. The summed E-state index contributed by atoms with van der Waals surface area (Å²) in [6, 6.07) is 4.62. The molecule has 6 nitrogen and oxygen atoms in total. The summed E-state index contributed by atoms with van der Waals surface area (Å²) < 4.78 is 43.5. The van der Waals surface area contributed by atoms with Gasteiger partial charge in [-0.2, -0.15) is 0 Å². The highest BCUT2D eigenvalue weighted by molar-refractivity contribution is 7.89. The molecular formula is C15H23FN2O4S. The molecule has 0 spiro atoms. The normalized spacial score (nSPS) is 22.7. The van der Waals surface area contributed by atoms with E-state index in [0.29, 0.717) is 19.6 Å². The zero-order valence-corrected chi connectivity index (χ0v) is 14.4. The number of aliphatic hydroxyl groups excluding tert-OH is 1. The average molecular weight is 346 g/mol. The van der Waals surface area contributed by atoms with Gasteiger partial charge in [0.25, 0.3) is 0 Å². The number of sulfonamides is 1. The predicted octanol–water partition coefficient (Wildman–Crippen LogP) is 0.518. The van der Waals surface area contributed by atoms with Crippen molar-refractivity contribution in [3.63, 3.8) is 0 Å². The maximum absolute atomic E-state index is 13.4. The highest BCUT2D eigenvalue weighted by Gasteiger charge is 2.35. The molecule has 0 unspecified atom stereocenters. The third-order valence-electron chi connectivity index (χ3n) is 4.08. The number of β-amino-alcohol motifs (C(OH)–C–C–N with tert-alkyl or cyclic N) is 1. The van der Waals surface area contributed by atoms with Gasteiger partial charge in [0, 0.05) is 39.6 Å². The molecule has 1 aromatic rings. The van der Waals surface area contributed by atoms with Gasteiger partial charge in [0.1, 0.15) is 0 Å². The zero-order chi connectivity index (χ0) is 17.2. The van der Waals surface area contributed by atoms with E-state index in [1.165, 1.54) is 31.6 Å². The minimum absolute atomic E-state index is 0.0790. The monoisotopic (exact) mass is 346 g/mol. The summed E-state index contributed by atoms with van der Waals surface area (Å²) in [6.07, 6.45) is -0.688. The van der Waals surface area contributed by atoms with Crippen LogP contribution >= 0.6 is 0 Å². The lowest BCUT2D eigenvalue weighted by atomic mass is 10.1. The molecule has 1 aliphatic rings. The Bertz CT molecular complexity index is 651. The van der Waals surface area contributed by atoms with E-state index in [4.69, 9.17) is 4.74 Å². The molecule has 23 heavy (non-hydrogen) atoms. The number of benzene rings is 1. The van der Waals surface area contributed by atoms with Gasteiger partial charge in [-0.3, -0.25) is 4.90 Å². The maximum atomic E-state index is 13.4. The van der Waals surface area contributed by atoms with Crippen molar-refractivity contribution in [3.8, 4) is 5.75 Å². The number of hydrogen-bond donors (Lipinski definition) is 1. The SMILES string of the molecule is COc1cc(CN2C[C@@H](CS(=O)(=O)N(C)C)[C@H](O)C2)ccc1F. The molecule has 1 fully saturated rings. The largest absolute Gasteiger partial charge is 0.494 e. The van der Waals surface area contributed by atoms with Gasteiger partial charge in [-0.15, -0.1) is 0 Å². The summed E-state index contributed by atoms with van der Waals surface area (Å²) in [5.41, 5.74) is 0.853. The summed E-state index contributed by atoms with van der Waals surface area (Å²) in [7, 11) is 1.03. The van der Waals surface area contributed by atoms with Crippen molar-refractivity contribution < 1.29 is 22.7 Å². The average Bonchev–Trinajstić information content (AvgIpc) is 2.80. The lowest BCUT2D eigenvalue weighted by Crippen LogP contribution is -2.33. The van der Waals surface area contributed by atoms with E-state index < -0.39 is 21.9 Å². The second-order valence-corrected chi connectivity index (χ2v) is 8.28. The predicted molar refractivity (Wildman–Crippen MR) is 85.2 cm³/mol. The standard InChI is InChI=1S/C15H23FN2O4S/c1-17(2)23(20,21)10-12-8-18(9-14(12)19)7-11-4-5-13(16)15(6-11)22-3/h4-6,12,14,19H,7-10H2,1-3H3/t12-,14+/m0/s1. The second kappa shape index (κ2) is 7.12. The van der Waals surface area contributed by atoms with Crippen molar-refractivity contribution in [2.45, 2.75) is 12.6 Å². The van der Waals surface area contributed by atoms with Crippen LogP contribution in [0.15, 0.2) is 18.2 Å². The van der Waals surface area contributed by atoms with Crippen LogP contribution < -0.4 is 4.74 Å². The highest BCUT2D eigenvalue weighted by Crippen LogP contribution is 2.24. The number of likely N-dealkylation sites (tertiary alicyclic amines) is 1. The third-order valence-corrected chi connectivity index (χ3v) is 6.05. The van der Waals surface area contributed by atoms with Gasteiger partial charge in [-0.25, -0.2) is 17.1 Å². The van der Waals surface area contributed by atoms with E-state index in [1.54, 1.807) is 12.1 Å². The smallest absolute Gasteiger partial charge is 0.214 e. The Labute approximate surface area is 136 Å². The highest BCUT2D eigenvalue weighted by atomic mass is 32.2. The van der Waals surface area contributed by atoms with Crippen molar-refractivity contribution >= 4 is 10.0 Å². The Morgan fingerprint density at radius 3 is 2.70 bits per heavy atom. The van der Waals surface area contributed by atoms with Gasteiger partial charge >= 0.3 is 0 Å². The topological polar surface area (TPSA) is 70.1 Å². The van der Waals surface area contributed by atoms with Gasteiger partial charge in [0.2, 0.25) is 10.0 Å². The number of ether oxygens (including phenoxy) is 1. The Kier molecular flexibility index (Phi) is 5.61. The lowest BCUT2D eigenvalue weighted by molar-refractivity contribution is 0.148. The number of aliphatic hydroxyl groups is 1. The molecule has 1 aromatic carbocycles. The Morgan fingerprint density at radius 1 is 1.39 bits per heavy atom. The second-order valence-electron chi connectivity index (χ2n) is 6.05. The maximum Gasteiger partial charge on any atom is 0.214 e. The van der Waals surface area contributed by atoms with Gasteiger partial charge in [-0.05, 0) is 17.7 Å². The molecule has 8 heteroatoms. The van der Waals surface area contributed by atoms with Crippen LogP contribution in [-0.4, -0.2) is 68.9 Å². The van der Waals surface area contributed by atoms with E-state index in [9.17, 15) is 17.9 Å². The van der Waals surface area contributed by atoms with Crippen LogP contribution in [0.1, 0.15) is 5.56 Å². The zero-order valence-electron chi connectivity index (χ0n) is 13.6. The van der Waals surface area contributed by atoms with E-state index in [1.807, 2.05) is 4.90 Å². The summed E-state index contributed by atoms with van der Waals surface area (Å²) in [5.74, 6) is -0.656. The first kappa shape index (κ1) is 18.1. The Balaban J connectivity index is 2.01. The van der Waals surface area contributed by atoms with Crippen LogP contribution in [0.25, 0.3) is 0 Å². The number of halogens is 1. The fourth-order valence-electron chi connectivity index (χ4n) is 2.71. The van der Waals surface area contributed by atoms with Gasteiger partial charge in [0.05, 0.1) is 19.0 Å². The summed E-state index contributed by atoms with van der Waals surface area (Å²) in [4.78, 5) is 1.97. The number of hydrogen-bond acceptors (Lipinski definition) is 5. The number of nitrogens with zero attached hydrogens (tertiary/aromatic N) is 2. The van der Waals surface area contributed by atoms with Gasteiger partial charge < -0.3 is 9.84 Å². The van der Waals surface area contributed by atoms with Crippen molar-refractivity contribution in [2.24, 2.45) is 5.92 Å². The number of rotatable bonds is 6. The molecule has 0 bridgehead atoms.